The predicted molar refractivity (Wildman–Crippen MR) is 80.4 cm³/mol. The van der Waals surface area contributed by atoms with E-state index in [9.17, 15) is 19.5 Å². The lowest BCUT2D eigenvalue weighted by molar-refractivity contribution is -0.110. The Morgan fingerprint density at radius 3 is 2.32 bits per heavy atom. The van der Waals surface area contributed by atoms with Crippen LogP contribution in [0, 0.1) is 0 Å². The Bertz CT molecular complexity index is 841. The molecule has 0 radical (unpaired) electrons. The topological polar surface area (TPSA) is 83.8 Å². The number of ketones is 3. The van der Waals surface area contributed by atoms with Gasteiger partial charge in [0.1, 0.15) is 16.5 Å². The summed E-state index contributed by atoms with van der Waals surface area (Å²) in [6, 6.07) is 4.19. The molecule has 0 saturated heterocycles. The Kier molecular flexibility index (Phi) is 3.35. The molecule has 0 aliphatic heterocycles. The number of allylic oxidation sites excluding steroid dienone is 6. The highest BCUT2D eigenvalue weighted by atomic mass is 35.5. The van der Waals surface area contributed by atoms with Gasteiger partial charge in [0.25, 0.3) is 0 Å². The van der Waals surface area contributed by atoms with E-state index in [0.29, 0.717) is 5.71 Å². The molecule has 0 aromatic heterocycles. The molecule has 6 heteroatoms. The Morgan fingerprint density at radius 2 is 1.64 bits per heavy atom. The molecule has 0 atom stereocenters. The summed E-state index contributed by atoms with van der Waals surface area (Å²) in [7, 11) is 0. The molecule has 0 bridgehead atoms. The minimum Gasteiger partial charge on any atom is -0.507 e. The molecule has 5 nitrogen and oxygen atoms in total. The number of aliphatic imine (C=N–C) groups is 1. The van der Waals surface area contributed by atoms with Crippen molar-refractivity contribution in [3.63, 3.8) is 0 Å². The van der Waals surface area contributed by atoms with Crippen molar-refractivity contribution >= 4 is 34.7 Å². The van der Waals surface area contributed by atoms with Gasteiger partial charge in [0.15, 0.2) is 5.78 Å². The lowest BCUT2D eigenvalue weighted by Gasteiger charge is -2.16. The van der Waals surface area contributed by atoms with Crippen LogP contribution in [0.2, 0.25) is 0 Å². The first kappa shape index (κ1) is 14.2. The summed E-state index contributed by atoms with van der Waals surface area (Å²) in [6.07, 6.45) is 5.40. The summed E-state index contributed by atoms with van der Waals surface area (Å²) < 4.78 is 0. The van der Waals surface area contributed by atoms with E-state index in [1.54, 1.807) is 0 Å². The fraction of sp³-hybridized carbons (Fsp3) is 0. The number of fused-ring (bicyclic) bond motifs is 1. The second kappa shape index (κ2) is 5.20. The molecule has 108 valence electrons. The third-order valence-electron chi connectivity index (χ3n) is 3.21. The average molecular weight is 314 g/mol. The maximum Gasteiger partial charge on any atom is 0.217 e. The smallest absolute Gasteiger partial charge is 0.217 e. The van der Waals surface area contributed by atoms with Crippen molar-refractivity contribution in [2.75, 3.05) is 0 Å². The lowest BCUT2D eigenvalue weighted by Crippen LogP contribution is -2.20. The molecule has 22 heavy (non-hydrogen) atoms. The van der Waals surface area contributed by atoms with Crippen LogP contribution >= 0.6 is 11.6 Å². The SMILES string of the molecule is O=C1C=CC(=NC2=C(Cl)C(=O)c3cccc(O)c3C2=O)C=C1. The fourth-order valence-corrected chi connectivity index (χ4v) is 2.39. The zero-order valence-corrected chi connectivity index (χ0v) is 11.8. The number of benzene rings is 1. The Labute approximate surface area is 129 Å². The van der Waals surface area contributed by atoms with Gasteiger partial charge >= 0.3 is 0 Å². The van der Waals surface area contributed by atoms with E-state index < -0.39 is 11.6 Å². The maximum atomic E-state index is 12.5. The highest BCUT2D eigenvalue weighted by Gasteiger charge is 2.33. The summed E-state index contributed by atoms with van der Waals surface area (Å²) in [4.78, 5) is 39.8. The molecule has 1 aromatic carbocycles. The summed E-state index contributed by atoms with van der Waals surface area (Å²) in [6.45, 7) is 0. The van der Waals surface area contributed by atoms with Crippen molar-refractivity contribution in [1.29, 1.82) is 0 Å². The van der Waals surface area contributed by atoms with Gasteiger partial charge in [-0.3, -0.25) is 14.4 Å². The maximum absolute atomic E-state index is 12.5. The zero-order valence-electron chi connectivity index (χ0n) is 11.0. The molecule has 2 aliphatic carbocycles. The largest absolute Gasteiger partial charge is 0.507 e. The highest BCUT2D eigenvalue weighted by molar-refractivity contribution is 6.50. The van der Waals surface area contributed by atoms with Gasteiger partial charge in [0.05, 0.1) is 11.3 Å². The first-order valence-corrected chi connectivity index (χ1v) is 6.67. The van der Waals surface area contributed by atoms with E-state index in [-0.39, 0.29) is 33.4 Å². The second-order valence-corrected chi connectivity index (χ2v) is 5.00. The van der Waals surface area contributed by atoms with Gasteiger partial charge in [0.2, 0.25) is 11.6 Å². The molecule has 1 aromatic rings. The normalized spacial score (nSPS) is 17.1. The average Bonchev–Trinajstić information content (AvgIpc) is 2.51. The van der Waals surface area contributed by atoms with Crippen LogP contribution in [0.3, 0.4) is 0 Å². The van der Waals surface area contributed by atoms with Crippen molar-refractivity contribution in [2.45, 2.75) is 0 Å². The minimum absolute atomic E-state index is 0.0452. The van der Waals surface area contributed by atoms with Gasteiger partial charge in [-0.2, -0.15) is 0 Å². The van der Waals surface area contributed by atoms with Gasteiger partial charge in [-0.15, -0.1) is 0 Å². The van der Waals surface area contributed by atoms with Crippen molar-refractivity contribution in [3.05, 3.63) is 64.4 Å². The minimum atomic E-state index is -0.635. The Morgan fingerprint density at radius 1 is 0.955 bits per heavy atom. The number of hydrogen-bond acceptors (Lipinski definition) is 5. The number of aromatic hydroxyl groups is 1. The van der Waals surface area contributed by atoms with Crippen LogP contribution in [0.4, 0.5) is 0 Å². The Hall–Kier alpha value is -2.79. The van der Waals surface area contributed by atoms with Gasteiger partial charge in [-0.1, -0.05) is 17.7 Å². The number of hydrogen-bond donors (Lipinski definition) is 1. The van der Waals surface area contributed by atoms with Crippen molar-refractivity contribution in [2.24, 2.45) is 4.99 Å². The van der Waals surface area contributed by atoms with E-state index in [4.69, 9.17) is 11.6 Å². The number of phenols is 1. The van der Waals surface area contributed by atoms with Crippen LogP contribution in [-0.2, 0) is 4.79 Å². The van der Waals surface area contributed by atoms with Gasteiger partial charge in [-0.25, -0.2) is 4.99 Å². The number of carbonyl (C=O) groups is 3. The Balaban J connectivity index is 2.13. The summed E-state index contributed by atoms with van der Waals surface area (Å²) in [5, 5.41) is 9.52. The third-order valence-corrected chi connectivity index (χ3v) is 3.56. The molecule has 0 fully saturated rings. The van der Waals surface area contributed by atoms with Gasteiger partial charge in [-0.05, 0) is 36.4 Å². The monoisotopic (exact) mass is 313 g/mol. The quantitative estimate of drug-likeness (QED) is 0.807. The van der Waals surface area contributed by atoms with E-state index in [1.165, 1.54) is 42.5 Å². The molecule has 0 spiro atoms. The van der Waals surface area contributed by atoms with Crippen LogP contribution in [0.25, 0.3) is 0 Å². The van der Waals surface area contributed by atoms with Gasteiger partial charge in [0, 0.05) is 5.56 Å². The number of halogens is 1. The van der Waals surface area contributed by atoms with Crippen LogP contribution in [-0.4, -0.2) is 28.2 Å². The summed E-state index contributed by atoms with van der Waals surface area (Å²) >= 11 is 5.96. The molecule has 0 unspecified atom stereocenters. The highest BCUT2D eigenvalue weighted by Crippen LogP contribution is 2.34. The number of rotatable bonds is 1. The number of phenolic OH excluding ortho intramolecular Hbond substituents is 1. The first-order chi connectivity index (χ1) is 10.5. The summed E-state index contributed by atoms with van der Waals surface area (Å²) in [5.74, 6) is -1.72. The lowest BCUT2D eigenvalue weighted by atomic mass is 9.91. The molecule has 0 saturated carbocycles. The third kappa shape index (κ3) is 2.21. The predicted octanol–water partition coefficient (Wildman–Crippen LogP) is 2.36. The van der Waals surface area contributed by atoms with Crippen LogP contribution in [0.1, 0.15) is 20.7 Å². The van der Waals surface area contributed by atoms with Crippen molar-refractivity contribution < 1.29 is 19.5 Å². The number of nitrogens with zero attached hydrogens (tertiary/aromatic N) is 1. The molecular formula is C16H8ClNO4. The van der Waals surface area contributed by atoms with Crippen molar-refractivity contribution in [1.82, 2.24) is 0 Å². The van der Waals surface area contributed by atoms with Gasteiger partial charge < -0.3 is 5.11 Å². The van der Waals surface area contributed by atoms with Crippen LogP contribution < -0.4 is 0 Å². The summed E-state index contributed by atoms with van der Waals surface area (Å²) in [5.41, 5.74) is -0.00737. The molecule has 0 amide bonds. The molecular weight excluding hydrogens is 306 g/mol. The van der Waals surface area contributed by atoms with E-state index >= 15 is 0 Å². The second-order valence-electron chi connectivity index (χ2n) is 4.63. The first-order valence-electron chi connectivity index (χ1n) is 6.29. The van der Waals surface area contributed by atoms with E-state index in [1.807, 2.05) is 0 Å². The van der Waals surface area contributed by atoms with Crippen LogP contribution in [0.15, 0.2) is 58.2 Å². The van der Waals surface area contributed by atoms with E-state index in [0.717, 1.165) is 0 Å². The number of carbonyl (C=O) groups excluding carboxylic acids is 3. The van der Waals surface area contributed by atoms with Crippen molar-refractivity contribution in [3.8, 4) is 5.75 Å². The standard InChI is InChI=1S/C16H8ClNO4/c17-13-14(18-8-4-6-9(19)7-5-8)16(22)12-10(15(13)21)2-1-3-11(12)20/h1-7,20H. The van der Waals surface area contributed by atoms with E-state index in [2.05, 4.69) is 4.99 Å². The molecule has 2 aliphatic rings. The molecule has 0 heterocycles. The molecule has 1 N–H and O–H groups in total. The molecule has 3 rings (SSSR count). The number of Topliss-reactive ketones (excluding diaryl/α,β-unsaturated/α-hetero) is 2. The van der Waals surface area contributed by atoms with Crippen LogP contribution in [0.5, 0.6) is 5.75 Å². The fourth-order valence-electron chi connectivity index (χ4n) is 2.16. The zero-order chi connectivity index (χ0) is 15.9.